The topological polar surface area (TPSA) is 38.9 Å². The molecule has 0 aliphatic rings. The lowest BCUT2D eigenvalue weighted by atomic mass is 10.4. The quantitative estimate of drug-likeness (QED) is 0.601. The number of hydrogen-bond acceptors (Lipinski definition) is 2. The van der Waals surface area contributed by atoms with Gasteiger partial charge in [0.15, 0.2) is 0 Å². The minimum atomic E-state index is -0.398. The Morgan fingerprint density at radius 3 is 2.44 bits per heavy atom. The Kier molecular flexibility index (Phi) is 2.95. The van der Waals surface area contributed by atoms with Crippen LogP contribution in [0.3, 0.4) is 0 Å². The molecule has 2 N–H and O–H groups in total. The van der Waals surface area contributed by atoms with E-state index in [1.54, 1.807) is 0 Å². The number of halogens is 2. The summed E-state index contributed by atoms with van der Waals surface area (Å²) in [5.74, 6) is -0.398. The Labute approximate surface area is 58.3 Å². The van der Waals surface area contributed by atoms with Gasteiger partial charge in [0.1, 0.15) is 5.82 Å². The molecule has 1 aromatic heterocycles. The van der Waals surface area contributed by atoms with E-state index in [1.807, 2.05) is 0 Å². The van der Waals surface area contributed by atoms with E-state index in [0.717, 1.165) is 6.20 Å². The molecule has 4 heteroatoms. The normalized spacial score (nSPS) is 8.11. The molecule has 50 valence electrons. The molecular weight excluding hydrogens is 143 g/mol. The molecule has 0 aliphatic carbocycles. The molecule has 0 fully saturated rings. The van der Waals surface area contributed by atoms with Crippen molar-refractivity contribution in [2.45, 2.75) is 0 Å². The van der Waals surface area contributed by atoms with Crippen LogP contribution in [0, 0.1) is 5.82 Å². The molecule has 0 saturated carbocycles. The Bertz CT molecular complexity index is 175. The van der Waals surface area contributed by atoms with E-state index in [0.29, 0.717) is 5.69 Å². The SMILES string of the molecule is Cl.Nc1cncc(F)c1. The fourth-order valence-corrected chi connectivity index (χ4v) is 0.428. The highest BCUT2D eigenvalue weighted by Crippen LogP contribution is 1.99. The van der Waals surface area contributed by atoms with Crippen molar-refractivity contribution in [1.82, 2.24) is 4.98 Å². The van der Waals surface area contributed by atoms with Crippen molar-refractivity contribution < 1.29 is 4.39 Å². The van der Waals surface area contributed by atoms with Crippen LogP contribution in [0.4, 0.5) is 10.1 Å². The van der Waals surface area contributed by atoms with Gasteiger partial charge in [-0.25, -0.2) is 4.39 Å². The molecule has 0 spiro atoms. The first-order chi connectivity index (χ1) is 3.79. The Morgan fingerprint density at radius 2 is 2.11 bits per heavy atom. The zero-order chi connectivity index (χ0) is 5.98. The summed E-state index contributed by atoms with van der Waals surface area (Å²) >= 11 is 0. The molecule has 0 radical (unpaired) electrons. The van der Waals surface area contributed by atoms with Gasteiger partial charge in [0.2, 0.25) is 0 Å². The van der Waals surface area contributed by atoms with Crippen LogP contribution in [0.5, 0.6) is 0 Å². The van der Waals surface area contributed by atoms with Gasteiger partial charge in [0.05, 0.1) is 11.9 Å². The third kappa shape index (κ3) is 2.28. The predicted molar refractivity (Wildman–Crippen MR) is 35.9 cm³/mol. The van der Waals surface area contributed by atoms with E-state index in [-0.39, 0.29) is 12.4 Å². The molecule has 0 amide bonds. The third-order valence-corrected chi connectivity index (χ3v) is 0.726. The predicted octanol–water partition coefficient (Wildman–Crippen LogP) is 1.22. The summed E-state index contributed by atoms with van der Waals surface area (Å²) in [6, 6.07) is 1.22. The zero-order valence-electron chi connectivity index (χ0n) is 4.54. The van der Waals surface area contributed by atoms with E-state index < -0.39 is 5.82 Å². The van der Waals surface area contributed by atoms with E-state index in [1.165, 1.54) is 12.3 Å². The number of nitrogens with zero attached hydrogens (tertiary/aromatic N) is 1. The molecule has 2 nitrogen and oxygen atoms in total. The zero-order valence-corrected chi connectivity index (χ0v) is 5.36. The molecule has 1 heterocycles. The molecule has 9 heavy (non-hydrogen) atoms. The van der Waals surface area contributed by atoms with Gasteiger partial charge >= 0.3 is 0 Å². The van der Waals surface area contributed by atoms with Crippen LogP contribution in [0.1, 0.15) is 0 Å². The molecule has 0 unspecified atom stereocenters. The fourth-order valence-electron chi connectivity index (χ4n) is 0.428. The van der Waals surface area contributed by atoms with Gasteiger partial charge in [-0.2, -0.15) is 0 Å². The monoisotopic (exact) mass is 148 g/mol. The van der Waals surface area contributed by atoms with Crippen LogP contribution >= 0.6 is 12.4 Å². The number of nitrogens with two attached hydrogens (primary N) is 1. The highest BCUT2D eigenvalue weighted by Gasteiger charge is 1.86. The molecule has 1 aromatic rings. The summed E-state index contributed by atoms with van der Waals surface area (Å²) in [4.78, 5) is 3.48. The summed E-state index contributed by atoms with van der Waals surface area (Å²) in [5, 5.41) is 0. The summed E-state index contributed by atoms with van der Waals surface area (Å²) in [6.07, 6.45) is 2.50. The highest BCUT2D eigenvalue weighted by molar-refractivity contribution is 5.85. The number of nitrogen functional groups attached to an aromatic ring is 1. The van der Waals surface area contributed by atoms with Gasteiger partial charge in [0, 0.05) is 6.20 Å². The standard InChI is InChI=1S/C5H5FN2.ClH/c6-4-1-5(7)3-8-2-4;/h1-3H,7H2;1H. The van der Waals surface area contributed by atoms with Gasteiger partial charge < -0.3 is 5.73 Å². The second kappa shape index (κ2) is 3.25. The van der Waals surface area contributed by atoms with Crippen LogP contribution < -0.4 is 5.73 Å². The van der Waals surface area contributed by atoms with Crippen LogP contribution in [0.25, 0.3) is 0 Å². The van der Waals surface area contributed by atoms with Crippen molar-refractivity contribution in [2.75, 3.05) is 5.73 Å². The smallest absolute Gasteiger partial charge is 0.143 e. The maximum absolute atomic E-state index is 12.0. The summed E-state index contributed by atoms with van der Waals surface area (Å²) in [6.45, 7) is 0. The van der Waals surface area contributed by atoms with Crippen LogP contribution in [-0.4, -0.2) is 4.98 Å². The minimum Gasteiger partial charge on any atom is -0.397 e. The lowest BCUT2D eigenvalue weighted by Gasteiger charge is -1.87. The molecule has 0 atom stereocenters. The summed E-state index contributed by atoms with van der Waals surface area (Å²) < 4.78 is 12.0. The van der Waals surface area contributed by atoms with Crippen LogP contribution in [-0.2, 0) is 0 Å². The molecule has 0 aliphatic heterocycles. The van der Waals surface area contributed by atoms with Crippen molar-refractivity contribution in [3.8, 4) is 0 Å². The molecule has 0 bridgehead atoms. The minimum absolute atomic E-state index is 0. The Balaban J connectivity index is 0.000000640. The van der Waals surface area contributed by atoms with E-state index in [4.69, 9.17) is 5.73 Å². The lowest BCUT2D eigenvalue weighted by Crippen LogP contribution is -1.86. The first-order valence-corrected chi connectivity index (χ1v) is 2.15. The molecule has 0 saturated heterocycles. The van der Waals surface area contributed by atoms with Crippen molar-refractivity contribution in [3.63, 3.8) is 0 Å². The average Bonchev–Trinajstić information content (AvgIpc) is 1.64. The third-order valence-electron chi connectivity index (χ3n) is 0.726. The highest BCUT2D eigenvalue weighted by atomic mass is 35.5. The second-order valence-electron chi connectivity index (χ2n) is 1.44. The van der Waals surface area contributed by atoms with Crippen molar-refractivity contribution in [3.05, 3.63) is 24.3 Å². The van der Waals surface area contributed by atoms with Crippen molar-refractivity contribution in [2.24, 2.45) is 0 Å². The average molecular weight is 149 g/mol. The van der Waals surface area contributed by atoms with Gasteiger partial charge in [-0.15, -0.1) is 12.4 Å². The van der Waals surface area contributed by atoms with Crippen molar-refractivity contribution in [1.29, 1.82) is 0 Å². The number of rotatable bonds is 0. The maximum Gasteiger partial charge on any atom is 0.143 e. The first-order valence-electron chi connectivity index (χ1n) is 2.15. The number of pyridine rings is 1. The van der Waals surface area contributed by atoms with Gasteiger partial charge in [0.25, 0.3) is 0 Å². The van der Waals surface area contributed by atoms with E-state index >= 15 is 0 Å². The summed E-state index contributed by atoms with van der Waals surface area (Å²) in [5.41, 5.74) is 5.51. The Morgan fingerprint density at radius 1 is 1.44 bits per heavy atom. The fraction of sp³-hybridized carbons (Fsp3) is 0. The number of anilines is 1. The van der Waals surface area contributed by atoms with Gasteiger partial charge in [-0.05, 0) is 6.07 Å². The number of hydrogen-bond donors (Lipinski definition) is 1. The van der Waals surface area contributed by atoms with E-state index in [9.17, 15) is 4.39 Å². The molecule has 0 aromatic carbocycles. The van der Waals surface area contributed by atoms with Gasteiger partial charge in [-0.3, -0.25) is 4.98 Å². The van der Waals surface area contributed by atoms with Gasteiger partial charge in [-0.1, -0.05) is 0 Å². The van der Waals surface area contributed by atoms with E-state index in [2.05, 4.69) is 4.98 Å². The molecular formula is C5H6ClFN2. The lowest BCUT2D eigenvalue weighted by molar-refractivity contribution is 0.622. The van der Waals surface area contributed by atoms with Crippen molar-refractivity contribution >= 4 is 18.1 Å². The van der Waals surface area contributed by atoms with Crippen LogP contribution in [0.15, 0.2) is 18.5 Å². The number of aromatic nitrogens is 1. The second-order valence-corrected chi connectivity index (χ2v) is 1.44. The Hall–Kier alpha value is -0.830. The largest absolute Gasteiger partial charge is 0.397 e. The maximum atomic E-state index is 12.0. The molecule has 1 rings (SSSR count). The summed E-state index contributed by atoms with van der Waals surface area (Å²) in [7, 11) is 0. The first kappa shape index (κ1) is 8.17. The van der Waals surface area contributed by atoms with Crippen LogP contribution in [0.2, 0.25) is 0 Å².